The molecule has 0 aliphatic rings. The molecular formula is C10H7OS. The van der Waals surface area contributed by atoms with Crippen molar-refractivity contribution in [2.75, 3.05) is 0 Å². The lowest BCUT2D eigenvalue weighted by atomic mass is 10.1. The highest BCUT2D eigenvalue weighted by Gasteiger charge is 2.03. The smallest absolute Gasteiger partial charge is 0.186 e. The minimum absolute atomic E-state index is 0.0934. The maximum Gasteiger partial charge on any atom is 0.186 e. The van der Waals surface area contributed by atoms with Crippen LogP contribution in [0.2, 0.25) is 0 Å². The Kier molecular flexibility index (Phi) is 1.84. The van der Waals surface area contributed by atoms with Crippen LogP contribution in [-0.2, 0) is 5.11 Å². The van der Waals surface area contributed by atoms with E-state index in [0.29, 0.717) is 0 Å². The Morgan fingerprint density at radius 1 is 1.08 bits per heavy atom. The van der Waals surface area contributed by atoms with E-state index < -0.39 is 0 Å². The number of rotatable bonds is 1. The van der Waals surface area contributed by atoms with Crippen LogP contribution in [-0.4, -0.2) is 0 Å². The van der Waals surface area contributed by atoms with Gasteiger partial charge in [-0.25, -0.2) is 0 Å². The van der Waals surface area contributed by atoms with Gasteiger partial charge in [0, 0.05) is 5.56 Å². The molecule has 2 rings (SSSR count). The van der Waals surface area contributed by atoms with Crippen LogP contribution in [0.15, 0.2) is 41.1 Å². The molecule has 0 amide bonds. The third-order valence-electron chi connectivity index (χ3n) is 1.72. The molecule has 1 heterocycles. The molecule has 0 unspecified atom stereocenters. The van der Waals surface area contributed by atoms with Gasteiger partial charge >= 0.3 is 0 Å². The summed E-state index contributed by atoms with van der Waals surface area (Å²) in [7, 11) is 0. The number of thiophene rings is 1. The van der Waals surface area contributed by atoms with Crippen molar-refractivity contribution < 1.29 is 5.11 Å². The van der Waals surface area contributed by atoms with E-state index in [1.807, 2.05) is 29.0 Å². The van der Waals surface area contributed by atoms with Gasteiger partial charge in [0.2, 0.25) is 0 Å². The van der Waals surface area contributed by atoms with Gasteiger partial charge in [-0.1, -0.05) is 18.2 Å². The Labute approximate surface area is 74.9 Å². The largest absolute Gasteiger partial charge is 0.289 e. The first-order valence-corrected chi connectivity index (χ1v) is 4.61. The van der Waals surface area contributed by atoms with Crippen molar-refractivity contribution in [1.29, 1.82) is 0 Å². The molecule has 0 saturated heterocycles. The van der Waals surface area contributed by atoms with Gasteiger partial charge in [-0.3, -0.25) is 5.11 Å². The van der Waals surface area contributed by atoms with E-state index in [1.54, 1.807) is 23.5 Å². The predicted octanol–water partition coefficient (Wildman–Crippen LogP) is 3.56. The first-order chi connectivity index (χ1) is 5.88. The number of hydrogen-bond donors (Lipinski definition) is 0. The molecule has 1 nitrogen and oxygen atoms in total. The zero-order valence-electron chi connectivity index (χ0n) is 6.36. The van der Waals surface area contributed by atoms with E-state index in [9.17, 15) is 5.11 Å². The zero-order valence-corrected chi connectivity index (χ0v) is 7.17. The highest BCUT2D eigenvalue weighted by atomic mass is 32.1. The van der Waals surface area contributed by atoms with Crippen molar-refractivity contribution in [2.45, 2.75) is 0 Å². The van der Waals surface area contributed by atoms with Crippen molar-refractivity contribution in [3.05, 3.63) is 41.1 Å². The first-order valence-electron chi connectivity index (χ1n) is 3.66. The fraction of sp³-hybridized carbons (Fsp3) is 0. The summed E-state index contributed by atoms with van der Waals surface area (Å²) < 4.78 is 0. The van der Waals surface area contributed by atoms with E-state index in [0.717, 1.165) is 11.1 Å². The molecule has 0 fully saturated rings. The molecule has 1 aromatic carbocycles. The number of hydrogen-bond acceptors (Lipinski definition) is 1. The van der Waals surface area contributed by atoms with E-state index in [1.165, 1.54) is 0 Å². The lowest BCUT2D eigenvalue weighted by molar-refractivity contribution is 0.356. The summed E-state index contributed by atoms with van der Waals surface area (Å²) >= 11 is 1.60. The fourth-order valence-electron chi connectivity index (χ4n) is 1.12. The molecule has 0 N–H and O–H groups in total. The minimum Gasteiger partial charge on any atom is -0.289 e. The van der Waals surface area contributed by atoms with Crippen molar-refractivity contribution in [3.63, 3.8) is 0 Å². The fourth-order valence-corrected chi connectivity index (χ4v) is 1.78. The highest BCUT2D eigenvalue weighted by Crippen LogP contribution is 2.30. The van der Waals surface area contributed by atoms with Gasteiger partial charge in [0.1, 0.15) is 0 Å². The van der Waals surface area contributed by atoms with Gasteiger partial charge in [-0.15, -0.1) is 0 Å². The van der Waals surface area contributed by atoms with Crippen molar-refractivity contribution in [1.82, 2.24) is 0 Å². The van der Waals surface area contributed by atoms with E-state index in [2.05, 4.69) is 0 Å². The van der Waals surface area contributed by atoms with Gasteiger partial charge in [-0.2, -0.15) is 11.3 Å². The first kappa shape index (κ1) is 7.37. The summed E-state index contributed by atoms with van der Waals surface area (Å²) in [6.07, 6.45) is 0. The molecule has 59 valence electrons. The molecule has 1 radical (unpaired) electrons. The van der Waals surface area contributed by atoms with E-state index in [4.69, 9.17) is 0 Å². The zero-order chi connectivity index (χ0) is 8.39. The summed E-state index contributed by atoms with van der Waals surface area (Å²) in [6.45, 7) is 0. The van der Waals surface area contributed by atoms with Crippen LogP contribution in [0.4, 0.5) is 0 Å². The Bertz CT molecular complexity index is 365. The predicted molar refractivity (Wildman–Crippen MR) is 49.9 cm³/mol. The van der Waals surface area contributed by atoms with Gasteiger partial charge in [0.05, 0.1) is 0 Å². The Morgan fingerprint density at radius 2 is 1.92 bits per heavy atom. The molecule has 0 bridgehead atoms. The minimum atomic E-state index is 0.0934. The summed E-state index contributed by atoms with van der Waals surface area (Å²) in [4.78, 5) is 0. The molecule has 2 aromatic rings. The second kappa shape index (κ2) is 2.99. The van der Waals surface area contributed by atoms with Crippen LogP contribution < -0.4 is 0 Å². The third-order valence-corrected chi connectivity index (χ3v) is 2.40. The average molecular weight is 175 g/mol. The molecule has 0 aliphatic carbocycles. The molecule has 0 atom stereocenters. The van der Waals surface area contributed by atoms with Crippen LogP contribution in [0.25, 0.3) is 11.1 Å². The van der Waals surface area contributed by atoms with Gasteiger partial charge < -0.3 is 0 Å². The van der Waals surface area contributed by atoms with Crippen molar-refractivity contribution in [2.24, 2.45) is 0 Å². The Hall–Kier alpha value is -1.28. The SMILES string of the molecule is [O]c1ccccc1-c1ccsc1. The van der Waals surface area contributed by atoms with Gasteiger partial charge in [0.25, 0.3) is 0 Å². The summed E-state index contributed by atoms with van der Waals surface area (Å²) in [6, 6.07) is 9.05. The third kappa shape index (κ3) is 1.21. The van der Waals surface area contributed by atoms with Crippen molar-refractivity contribution in [3.8, 4) is 16.9 Å². The summed E-state index contributed by atoms with van der Waals surface area (Å²) in [5, 5.41) is 15.3. The number of para-hydroxylation sites is 1. The number of benzene rings is 1. The molecule has 0 saturated carbocycles. The lowest BCUT2D eigenvalue weighted by Crippen LogP contribution is -1.72. The average Bonchev–Trinajstić information content (AvgIpc) is 2.57. The summed E-state index contributed by atoms with van der Waals surface area (Å²) in [5.41, 5.74) is 1.81. The van der Waals surface area contributed by atoms with Crippen LogP contribution in [0.5, 0.6) is 5.75 Å². The summed E-state index contributed by atoms with van der Waals surface area (Å²) in [5.74, 6) is 0.0934. The molecule has 1 aromatic heterocycles. The second-order valence-electron chi connectivity index (χ2n) is 2.51. The lowest BCUT2D eigenvalue weighted by Gasteiger charge is -1.96. The van der Waals surface area contributed by atoms with Gasteiger partial charge in [-0.05, 0) is 28.5 Å². The maximum absolute atomic E-state index is 11.3. The van der Waals surface area contributed by atoms with Crippen LogP contribution in [0.1, 0.15) is 0 Å². The normalized spacial score (nSPS) is 10.0. The van der Waals surface area contributed by atoms with E-state index in [-0.39, 0.29) is 5.75 Å². The Balaban J connectivity index is 2.55. The van der Waals surface area contributed by atoms with Crippen LogP contribution >= 0.6 is 11.3 Å². The maximum atomic E-state index is 11.3. The standard InChI is InChI=1S/C10H7OS/c11-10-4-2-1-3-9(10)8-5-6-12-7-8/h1-7H. The molecule has 2 heteroatoms. The highest BCUT2D eigenvalue weighted by molar-refractivity contribution is 7.08. The quantitative estimate of drug-likeness (QED) is 0.631. The molecular weight excluding hydrogens is 168 g/mol. The van der Waals surface area contributed by atoms with Gasteiger partial charge in [0.15, 0.2) is 5.75 Å². The van der Waals surface area contributed by atoms with Crippen LogP contribution in [0.3, 0.4) is 0 Å². The molecule has 0 spiro atoms. The topological polar surface area (TPSA) is 19.9 Å². The van der Waals surface area contributed by atoms with Crippen LogP contribution in [0, 0.1) is 0 Å². The van der Waals surface area contributed by atoms with Crippen molar-refractivity contribution >= 4 is 11.3 Å². The van der Waals surface area contributed by atoms with E-state index >= 15 is 0 Å². The Morgan fingerprint density at radius 3 is 2.58 bits per heavy atom. The molecule has 0 aliphatic heterocycles. The molecule has 12 heavy (non-hydrogen) atoms. The monoisotopic (exact) mass is 175 g/mol. The second-order valence-corrected chi connectivity index (χ2v) is 3.29.